The molecule has 0 fully saturated rings. The zero-order valence-electron chi connectivity index (χ0n) is 12.1. The Labute approximate surface area is 116 Å². The Morgan fingerprint density at radius 1 is 1.22 bits per heavy atom. The minimum atomic E-state index is 0.411. The van der Waals surface area contributed by atoms with E-state index in [0.717, 1.165) is 30.8 Å². The van der Waals surface area contributed by atoms with Gasteiger partial charge in [-0.05, 0) is 26.2 Å². The summed E-state index contributed by atoms with van der Waals surface area (Å²) in [6.07, 6.45) is 3.54. The summed E-state index contributed by atoms with van der Waals surface area (Å²) in [7, 11) is 0. The van der Waals surface area contributed by atoms with E-state index in [2.05, 4.69) is 49.5 Å². The van der Waals surface area contributed by atoms with Crippen LogP contribution in [0.3, 0.4) is 0 Å². The van der Waals surface area contributed by atoms with Gasteiger partial charge in [0.05, 0.1) is 0 Å². The van der Waals surface area contributed by atoms with Crippen LogP contribution in [0.4, 0.5) is 5.82 Å². The molecule has 0 spiro atoms. The first-order valence-electron chi connectivity index (χ1n) is 6.73. The molecule has 1 rings (SSSR count). The molecule has 0 aliphatic rings. The maximum absolute atomic E-state index is 6.22. The van der Waals surface area contributed by atoms with Crippen molar-refractivity contribution in [2.75, 3.05) is 11.4 Å². The minimum Gasteiger partial charge on any atom is -0.354 e. The SMILES string of the molecule is CCCc1c(Cl)ncnc1N(CC(C)C)C(C)C. The molecular weight excluding hydrogens is 246 g/mol. The molecule has 0 aromatic carbocycles. The summed E-state index contributed by atoms with van der Waals surface area (Å²) < 4.78 is 0. The van der Waals surface area contributed by atoms with Crippen molar-refractivity contribution in [2.24, 2.45) is 5.92 Å². The summed E-state index contributed by atoms with van der Waals surface area (Å²) in [6, 6.07) is 0.411. The summed E-state index contributed by atoms with van der Waals surface area (Å²) in [6.45, 7) is 12.0. The fourth-order valence-corrected chi connectivity index (χ4v) is 2.25. The van der Waals surface area contributed by atoms with Crippen molar-refractivity contribution in [1.82, 2.24) is 9.97 Å². The standard InChI is InChI=1S/C14H24ClN3/c1-6-7-12-13(15)16-9-17-14(12)18(11(4)5)8-10(2)3/h9-11H,6-8H2,1-5H3. The number of aromatic nitrogens is 2. The average Bonchev–Trinajstić information content (AvgIpc) is 2.28. The lowest BCUT2D eigenvalue weighted by Gasteiger charge is -2.31. The topological polar surface area (TPSA) is 29.0 Å². The first-order chi connectivity index (χ1) is 8.47. The molecule has 0 saturated carbocycles. The van der Waals surface area contributed by atoms with Gasteiger partial charge in [-0.25, -0.2) is 9.97 Å². The van der Waals surface area contributed by atoms with Gasteiger partial charge in [0.1, 0.15) is 17.3 Å². The third-order valence-corrected chi connectivity index (χ3v) is 3.15. The molecule has 4 heteroatoms. The molecule has 102 valence electrons. The Hall–Kier alpha value is -0.830. The van der Waals surface area contributed by atoms with Gasteiger partial charge in [0.2, 0.25) is 0 Å². The molecule has 0 amide bonds. The van der Waals surface area contributed by atoms with Gasteiger partial charge < -0.3 is 4.90 Å². The Morgan fingerprint density at radius 3 is 2.39 bits per heavy atom. The lowest BCUT2D eigenvalue weighted by Crippen LogP contribution is -2.35. The van der Waals surface area contributed by atoms with Crippen molar-refractivity contribution in [3.05, 3.63) is 17.0 Å². The quantitative estimate of drug-likeness (QED) is 0.732. The van der Waals surface area contributed by atoms with Crippen LogP contribution in [-0.4, -0.2) is 22.6 Å². The Bertz CT molecular complexity index is 377. The highest BCUT2D eigenvalue weighted by atomic mass is 35.5. The van der Waals surface area contributed by atoms with Crippen LogP contribution in [0.25, 0.3) is 0 Å². The Kier molecular flexibility index (Phi) is 5.86. The van der Waals surface area contributed by atoms with Crippen LogP contribution < -0.4 is 4.90 Å². The predicted molar refractivity (Wildman–Crippen MR) is 78.4 cm³/mol. The van der Waals surface area contributed by atoms with Gasteiger partial charge in [0.15, 0.2) is 0 Å². The smallest absolute Gasteiger partial charge is 0.137 e. The van der Waals surface area contributed by atoms with E-state index >= 15 is 0 Å². The number of hydrogen-bond donors (Lipinski definition) is 0. The maximum atomic E-state index is 6.22. The van der Waals surface area contributed by atoms with E-state index in [1.165, 1.54) is 0 Å². The highest BCUT2D eigenvalue weighted by molar-refractivity contribution is 6.30. The van der Waals surface area contributed by atoms with Gasteiger partial charge in [-0.15, -0.1) is 0 Å². The maximum Gasteiger partial charge on any atom is 0.137 e. The Morgan fingerprint density at radius 2 is 1.89 bits per heavy atom. The van der Waals surface area contributed by atoms with E-state index in [1.807, 2.05) is 0 Å². The van der Waals surface area contributed by atoms with Crippen LogP contribution in [0.5, 0.6) is 0 Å². The molecule has 0 unspecified atom stereocenters. The van der Waals surface area contributed by atoms with E-state index in [9.17, 15) is 0 Å². The molecule has 1 aromatic heterocycles. The molecule has 0 aliphatic carbocycles. The summed E-state index contributed by atoms with van der Waals surface area (Å²) in [5.41, 5.74) is 1.08. The van der Waals surface area contributed by atoms with E-state index in [-0.39, 0.29) is 0 Å². The molecule has 18 heavy (non-hydrogen) atoms. The van der Waals surface area contributed by atoms with Gasteiger partial charge in [-0.1, -0.05) is 38.8 Å². The van der Waals surface area contributed by atoms with Crippen LogP contribution in [0.15, 0.2) is 6.33 Å². The van der Waals surface area contributed by atoms with Gasteiger partial charge in [-0.3, -0.25) is 0 Å². The molecule has 0 atom stereocenters. The van der Waals surface area contributed by atoms with Crippen molar-refractivity contribution in [1.29, 1.82) is 0 Å². The van der Waals surface area contributed by atoms with E-state index in [0.29, 0.717) is 17.1 Å². The van der Waals surface area contributed by atoms with Crippen LogP contribution in [0, 0.1) is 5.92 Å². The van der Waals surface area contributed by atoms with Crippen LogP contribution in [-0.2, 0) is 6.42 Å². The molecule has 0 aliphatic heterocycles. The zero-order valence-corrected chi connectivity index (χ0v) is 12.8. The van der Waals surface area contributed by atoms with E-state index in [1.54, 1.807) is 6.33 Å². The second-order valence-corrected chi connectivity index (χ2v) is 5.71. The number of rotatable bonds is 6. The normalized spacial score (nSPS) is 11.3. The number of nitrogens with zero attached hydrogens (tertiary/aromatic N) is 3. The molecule has 0 saturated heterocycles. The average molecular weight is 270 g/mol. The monoisotopic (exact) mass is 269 g/mol. The van der Waals surface area contributed by atoms with Gasteiger partial charge in [0, 0.05) is 18.2 Å². The lowest BCUT2D eigenvalue weighted by molar-refractivity contribution is 0.563. The van der Waals surface area contributed by atoms with Gasteiger partial charge in [-0.2, -0.15) is 0 Å². The second-order valence-electron chi connectivity index (χ2n) is 5.36. The Balaban J connectivity index is 3.14. The molecular formula is C14H24ClN3. The number of anilines is 1. The van der Waals surface area contributed by atoms with Crippen molar-refractivity contribution in [2.45, 2.75) is 53.5 Å². The molecule has 1 heterocycles. The van der Waals surface area contributed by atoms with Crippen molar-refractivity contribution in [3.63, 3.8) is 0 Å². The van der Waals surface area contributed by atoms with Gasteiger partial charge in [0.25, 0.3) is 0 Å². The largest absolute Gasteiger partial charge is 0.354 e. The highest BCUT2D eigenvalue weighted by Gasteiger charge is 2.19. The van der Waals surface area contributed by atoms with Crippen LogP contribution in [0.2, 0.25) is 5.15 Å². The molecule has 0 N–H and O–H groups in total. The first-order valence-corrected chi connectivity index (χ1v) is 7.11. The van der Waals surface area contributed by atoms with Crippen LogP contribution >= 0.6 is 11.6 Å². The first kappa shape index (κ1) is 15.2. The molecule has 3 nitrogen and oxygen atoms in total. The lowest BCUT2D eigenvalue weighted by atomic mass is 10.1. The summed E-state index contributed by atoms with van der Waals surface area (Å²) in [5.74, 6) is 1.59. The van der Waals surface area contributed by atoms with Crippen molar-refractivity contribution < 1.29 is 0 Å². The summed E-state index contributed by atoms with van der Waals surface area (Å²) in [4.78, 5) is 10.9. The third kappa shape index (κ3) is 3.84. The van der Waals surface area contributed by atoms with Crippen LogP contribution in [0.1, 0.15) is 46.6 Å². The molecule has 0 bridgehead atoms. The summed E-state index contributed by atoms with van der Waals surface area (Å²) in [5, 5.41) is 0.594. The zero-order chi connectivity index (χ0) is 13.7. The highest BCUT2D eigenvalue weighted by Crippen LogP contribution is 2.26. The van der Waals surface area contributed by atoms with E-state index < -0.39 is 0 Å². The number of halogens is 1. The summed E-state index contributed by atoms with van der Waals surface area (Å²) >= 11 is 6.22. The van der Waals surface area contributed by atoms with Gasteiger partial charge >= 0.3 is 0 Å². The van der Waals surface area contributed by atoms with Crippen molar-refractivity contribution in [3.8, 4) is 0 Å². The molecule has 1 aromatic rings. The minimum absolute atomic E-state index is 0.411. The second kappa shape index (κ2) is 6.93. The molecule has 0 radical (unpaired) electrons. The fraction of sp³-hybridized carbons (Fsp3) is 0.714. The third-order valence-electron chi connectivity index (χ3n) is 2.83. The predicted octanol–water partition coefficient (Wildman–Crippen LogP) is 3.95. The van der Waals surface area contributed by atoms with E-state index in [4.69, 9.17) is 11.6 Å². The fourth-order valence-electron chi connectivity index (χ4n) is 2.03. The van der Waals surface area contributed by atoms with Crippen molar-refractivity contribution >= 4 is 17.4 Å². The number of hydrogen-bond acceptors (Lipinski definition) is 3.